The number of benzene rings is 1. The molecule has 0 spiro atoms. The zero-order valence-electron chi connectivity index (χ0n) is 18.5. The van der Waals surface area contributed by atoms with Crippen LogP contribution in [0.1, 0.15) is 25.4 Å². The van der Waals surface area contributed by atoms with E-state index in [0.717, 1.165) is 10.6 Å². The minimum absolute atomic E-state index is 0.0330. The summed E-state index contributed by atoms with van der Waals surface area (Å²) in [6.45, 7) is 3.09. The lowest BCUT2D eigenvalue weighted by Crippen LogP contribution is -2.28. The summed E-state index contributed by atoms with van der Waals surface area (Å²) in [4.78, 5) is 21.5. The number of aryl methyl sites for hydroxylation is 2. The van der Waals surface area contributed by atoms with Crippen LogP contribution in [0.3, 0.4) is 0 Å². The molecule has 0 saturated heterocycles. The van der Waals surface area contributed by atoms with Crippen molar-refractivity contribution in [3.8, 4) is 11.4 Å². The van der Waals surface area contributed by atoms with Crippen LogP contribution in [0.4, 0.5) is 26.3 Å². The number of nitrogens with zero attached hydrogens (tertiary/aromatic N) is 5. The number of pyridine rings is 1. The molecule has 4 aromatic rings. The third-order valence-electron chi connectivity index (χ3n) is 5.52. The van der Waals surface area contributed by atoms with Crippen LogP contribution in [-0.4, -0.2) is 29.4 Å². The van der Waals surface area contributed by atoms with Gasteiger partial charge in [0.15, 0.2) is 0 Å². The van der Waals surface area contributed by atoms with E-state index >= 15 is 0 Å². The van der Waals surface area contributed by atoms with E-state index in [4.69, 9.17) is 0 Å². The quantitative estimate of drug-likeness (QED) is 0.274. The Balaban J connectivity index is 2.05. The molecule has 0 saturated carbocycles. The molecule has 1 aromatic carbocycles. The van der Waals surface area contributed by atoms with Crippen molar-refractivity contribution in [3.63, 3.8) is 0 Å². The van der Waals surface area contributed by atoms with E-state index < -0.39 is 29.4 Å². The summed E-state index contributed by atoms with van der Waals surface area (Å²) >= 11 is 1.34. The molecule has 0 fully saturated rings. The maximum absolute atomic E-state index is 13.5. The highest BCUT2D eigenvalue weighted by Gasteiger charge is 2.37. The van der Waals surface area contributed by atoms with Crippen LogP contribution in [0.5, 0.6) is 0 Å². The van der Waals surface area contributed by atoms with Crippen molar-refractivity contribution in [2.75, 3.05) is 5.75 Å². The van der Waals surface area contributed by atoms with Crippen molar-refractivity contribution in [2.45, 2.75) is 37.6 Å². The molecule has 6 nitrogen and oxygen atoms in total. The van der Waals surface area contributed by atoms with Gasteiger partial charge < -0.3 is 13.7 Å². The van der Waals surface area contributed by atoms with Crippen LogP contribution in [0.2, 0.25) is 0 Å². The molecular formula is C21H19F6N5OS. The summed E-state index contributed by atoms with van der Waals surface area (Å²) in [6, 6.07) is 3.79. The molecule has 0 atom stereocenters. The Morgan fingerprint density at radius 3 is 2.15 bits per heavy atom. The van der Waals surface area contributed by atoms with E-state index in [1.807, 2.05) is 6.92 Å². The summed E-state index contributed by atoms with van der Waals surface area (Å²) < 4.78 is 83.7. The van der Waals surface area contributed by atoms with Gasteiger partial charge in [0.25, 0.3) is 5.56 Å². The van der Waals surface area contributed by atoms with Crippen molar-refractivity contribution < 1.29 is 26.3 Å². The van der Waals surface area contributed by atoms with Crippen LogP contribution in [0.25, 0.3) is 33.5 Å². The lowest BCUT2D eigenvalue weighted by Gasteiger charge is -2.14. The Kier molecular flexibility index (Phi) is 5.74. The van der Waals surface area contributed by atoms with Gasteiger partial charge in [-0.05, 0) is 30.9 Å². The lowest BCUT2D eigenvalue weighted by atomic mass is 10.2. The molecule has 0 N–H and O–H groups in total. The van der Waals surface area contributed by atoms with Crippen molar-refractivity contribution in [1.29, 1.82) is 0 Å². The first-order valence-corrected chi connectivity index (χ1v) is 11.2. The van der Waals surface area contributed by atoms with Gasteiger partial charge >= 0.3 is 12.4 Å². The summed E-state index contributed by atoms with van der Waals surface area (Å²) in [5.41, 5.74) is -1.47. The fourth-order valence-corrected chi connectivity index (χ4v) is 4.84. The molecule has 0 aliphatic carbocycles. The van der Waals surface area contributed by atoms with Gasteiger partial charge in [-0.2, -0.15) is 26.3 Å². The number of aromatic nitrogens is 5. The summed E-state index contributed by atoms with van der Waals surface area (Å²) in [6.07, 6.45) is -9.42. The van der Waals surface area contributed by atoms with Crippen LogP contribution < -0.4 is 5.56 Å². The second-order valence-electron chi connectivity index (χ2n) is 7.57. The molecule has 0 aliphatic rings. The molecule has 0 bridgehead atoms. The van der Waals surface area contributed by atoms with E-state index in [1.165, 1.54) is 43.4 Å². The van der Waals surface area contributed by atoms with Gasteiger partial charge in [0.2, 0.25) is 5.82 Å². The minimum atomic E-state index is -4.76. The average Bonchev–Trinajstić information content (AvgIpc) is 3.24. The van der Waals surface area contributed by atoms with Crippen LogP contribution in [-0.2, 0) is 33.0 Å². The first-order valence-electron chi connectivity index (χ1n) is 10.2. The maximum Gasteiger partial charge on any atom is 0.449 e. The van der Waals surface area contributed by atoms with E-state index in [9.17, 15) is 31.1 Å². The zero-order valence-corrected chi connectivity index (χ0v) is 19.3. The molecule has 3 heterocycles. The molecule has 3 aromatic heterocycles. The molecular weight excluding hydrogens is 484 g/mol. The Morgan fingerprint density at radius 1 is 0.912 bits per heavy atom. The van der Waals surface area contributed by atoms with Crippen molar-refractivity contribution in [3.05, 3.63) is 40.1 Å². The standard InChI is InChI=1S/C21H19F6N5OS/c1-5-32-15(20(22,23)24)8-12-16(18(32)33)31(4)17(28-12)10-7-11-13(9-14(10)34-6-2)30(3)19(29-11)21(25,26)27/h7-9H,5-6H2,1-4H3. The largest absolute Gasteiger partial charge is 0.449 e. The summed E-state index contributed by atoms with van der Waals surface area (Å²) in [5.74, 6) is -0.336. The molecule has 34 heavy (non-hydrogen) atoms. The second-order valence-corrected chi connectivity index (χ2v) is 8.87. The number of rotatable bonds is 4. The minimum Gasteiger partial charge on any atom is -0.323 e. The first kappa shape index (κ1) is 24.2. The van der Waals surface area contributed by atoms with Crippen molar-refractivity contribution in [1.82, 2.24) is 23.7 Å². The van der Waals surface area contributed by atoms with Crippen molar-refractivity contribution in [2.24, 2.45) is 14.1 Å². The molecule has 13 heteroatoms. The van der Waals surface area contributed by atoms with Gasteiger partial charge in [-0.15, -0.1) is 11.8 Å². The molecule has 0 aliphatic heterocycles. The number of halogens is 6. The zero-order chi connectivity index (χ0) is 25.2. The first-order chi connectivity index (χ1) is 15.8. The normalized spacial score (nSPS) is 12.9. The fraction of sp³-hybridized carbons (Fsp3) is 0.381. The van der Waals surface area contributed by atoms with E-state index in [1.54, 1.807) is 6.07 Å². The highest BCUT2D eigenvalue weighted by molar-refractivity contribution is 7.99. The predicted octanol–water partition coefficient (Wildman–Crippen LogP) is 5.46. The number of alkyl halides is 6. The number of thioether (sulfide) groups is 1. The van der Waals surface area contributed by atoms with Gasteiger partial charge in [0, 0.05) is 31.1 Å². The van der Waals surface area contributed by atoms with Crippen LogP contribution in [0.15, 0.2) is 27.9 Å². The van der Waals surface area contributed by atoms with Crippen LogP contribution in [0, 0.1) is 0 Å². The van der Waals surface area contributed by atoms with Crippen molar-refractivity contribution >= 4 is 33.8 Å². The molecule has 4 rings (SSSR count). The number of imidazole rings is 2. The smallest absolute Gasteiger partial charge is 0.323 e. The predicted molar refractivity (Wildman–Crippen MR) is 117 cm³/mol. The van der Waals surface area contributed by atoms with Gasteiger partial charge in [-0.1, -0.05) is 6.92 Å². The van der Waals surface area contributed by atoms with E-state index in [0.29, 0.717) is 20.8 Å². The topological polar surface area (TPSA) is 57.6 Å². The van der Waals surface area contributed by atoms with Gasteiger partial charge in [-0.25, -0.2) is 9.97 Å². The van der Waals surface area contributed by atoms with Gasteiger partial charge in [0.05, 0.1) is 16.6 Å². The number of hydrogen-bond donors (Lipinski definition) is 0. The van der Waals surface area contributed by atoms with Gasteiger partial charge in [-0.3, -0.25) is 4.79 Å². The van der Waals surface area contributed by atoms with Gasteiger partial charge in [0.1, 0.15) is 17.0 Å². The third-order valence-corrected chi connectivity index (χ3v) is 6.45. The SMILES string of the molecule is CCSc1cc2c(cc1-c1nc3cc(C(F)(F)F)n(CC)c(=O)c3n1C)nc(C(F)(F)F)n2C. The highest BCUT2D eigenvalue weighted by atomic mass is 32.2. The maximum atomic E-state index is 13.5. The average molecular weight is 503 g/mol. The highest BCUT2D eigenvalue weighted by Crippen LogP contribution is 2.38. The fourth-order valence-electron chi connectivity index (χ4n) is 4.03. The molecule has 0 unspecified atom stereocenters. The summed E-state index contributed by atoms with van der Waals surface area (Å²) in [5, 5.41) is 0. The van der Waals surface area contributed by atoms with Crippen LogP contribution >= 0.6 is 11.8 Å². The van der Waals surface area contributed by atoms with E-state index in [2.05, 4.69) is 9.97 Å². The molecule has 182 valence electrons. The lowest BCUT2D eigenvalue weighted by molar-refractivity contribution is -0.146. The molecule has 0 amide bonds. The second kappa shape index (κ2) is 8.07. The monoisotopic (exact) mass is 503 g/mol. The Hall–Kier alpha value is -2.96. The van der Waals surface area contributed by atoms with E-state index in [-0.39, 0.29) is 34.4 Å². The summed E-state index contributed by atoms with van der Waals surface area (Å²) in [7, 11) is 2.75. The Labute approximate surface area is 193 Å². The number of hydrogen-bond acceptors (Lipinski definition) is 4. The number of fused-ring (bicyclic) bond motifs is 2. The Morgan fingerprint density at radius 2 is 1.59 bits per heavy atom. The molecule has 0 radical (unpaired) electrons. The third kappa shape index (κ3) is 3.75. The Bertz CT molecular complexity index is 1480.